The van der Waals surface area contributed by atoms with Gasteiger partial charge in [0.2, 0.25) is 0 Å². The topological polar surface area (TPSA) is 145 Å². The lowest BCUT2D eigenvalue weighted by Crippen LogP contribution is -2.23. The van der Waals surface area contributed by atoms with Crippen LogP contribution in [0.25, 0.3) is 16.7 Å². The van der Waals surface area contributed by atoms with Crippen molar-refractivity contribution in [1.82, 2.24) is 28.9 Å². The van der Waals surface area contributed by atoms with E-state index < -0.39 is 4.92 Å². The van der Waals surface area contributed by atoms with E-state index in [0.717, 1.165) is 0 Å². The summed E-state index contributed by atoms with van der Waals surface area (Å²) in [5.41, 5.74) is 2.09. The zero-order chi connectivity index (χ0) is 21.6. The second kappa shape index (κ2) is 7.13. The Morgan fingerprint density at radius 3 is 2.47 bits per heavy atom. The first-order chi connectivity index (χ1) is 14.4. The van der Waals surface area contributed by atoms with Crippen LogP contribution < -0.4 is 16.6 Å². The van der Waals surface area contributed by atoms with Gasteiger partial charge in [-0.15, -0.1) is 10.2 Å². The first-order valence-electron chi connectivity index (χ1n) is 9.44. The molecule has 4 aromatic rings. The van der Waals surface area contributed by atoms with Gasteiger partial charge in [0.25, 0.3) is 11.2 Å². The SMILES string of the molecule is CCn1c(=O)n(CC)c2cc([N+](=O)[O-])c(NCc3c(C)c4nncn4[nH]c3=O)cc21. The van der Waals surface area contributed by atoms with Crippen molar-refractivity contribution < 1.29 is 4.92 Å². The highest BCUT2D eigenvalue weighted by Gasteiger charge is 2.21. The lowest BCUT2D eigenvalue weighted by molar-refractivity contribution is -0.383. The Hall–Kier alpha value is -3.96. The first kappa shape index (κ1) is 19.4. The lowest BCUT2D eigenvalue weighted by atomic mass is 10.1. The number of anilines is 1. The van der Waals surface area contributed by atoms with Crippen LogP contribution in [0.4, 0.5) is 11.4 Å². The smallest absolute Gasteiger partial charge is 0.329 e. The van der Waals surface area contributed by atoms with Crippen molar-refractivity contribution in [2.45, 2.75) is 40.4 Å². The normalized spacial score (nSPS) is 11.4. The highest BCUT2D eigenvalue weighted by molar-refractivity contribution is 5.86. The van der Waals surface area contributed by atoms with E-state index in [1.165, 1.54) is 21.5 Å². The van der Waals surface area contributed by atoms with Crippen LogP contribution in [0.3, 0.4) is 0 Å². The number of nitrogens with one attached hydrogen (secondary N) is 2. The molecule has 0 aliphatic heterocycles. The summed E-state index contributed by atoms with van der Waals surface area (Å²) >= 11 is 0. The molecule has 1 aromatic carbocycles. The number of hydrogen-bond donors (Lipinski definition) is 2. The van der Waals surface area contributed by atoms with E-state index in [-0.39, 0.29) is 29.2 Å². The molecule has 0 aliphatic rings. The predicted octanol–water partition coefficient (Wildman–Crippen LogP) is 1.40. The maximum absolute atomic E-state index is 12.6. The van der Waals surface area contributed by atoms with E-state index in [9.17, 15) is 19.7 Å². The molecule has 0 amide bonds. The third-order valence-electron chi connectivity index (χ3n) is 5.25. The van der Waals surface area contributed by atoms with Gasteiger partial charge in [-0.1, -0.05) is 0 Å². The molecule has 2 N–H and O–H groups in total. The average Bonchev–Trinajstić information content (AvgIpc) is 3.28. The number of aryl methyl sites for hydroxylation is 3. The molecular weight excluding hydrogens is 392 g/mol. The molecule has 0 atom stereocenters. The van der Waals surface area contributed by atoms with Crippen molar-refractivity contribution in [3.8, 4) is 0 Å². The number of hydrogen-bond acceptors (Lipinski definition) is 7. The minimum atomic E-state index is -0.506. The third kappa shape index (κ3) is 2.84. The molecule has 0 aliphatic carbocycles. The molecule has 0 unspecified atom stereocenters. The molecule has 0 saturated heterocycles. The standard InChI is InChI=1S/C18H20N8O4/c1-4-23-14-6-12(13(26(29)30)7-15(14)24(5-2)18(23)28)19-8-11-10(3)16-21-20-9-25(16)22-17(11)27/h6-7,9,19H,4-5,8H2,1-3H3,(H,22,27). The van der Waals surface area contributed by atoms with Gasteiger partial charge in [-0.25, -0.2) is 9.31 Å². The highest BCUT2D eigenvalue weighted by Crippen LogP contribution is 2.30. The largest absolute Gasteiger partial charge is 0.375 e. The van der Waals surface area contributed by atoms with Crippen LogP contribution in [0.1, 0.15) is 25.0 Å². The Balaban J connectivity index is 1.83. The number of imidazole rings is 1. The minimum absolute atomic E-state index is 0.0434. The van der Waals surface area contributed by atoms with Crippen molar-refractivity contribution in [2.75, 3.05) is 5.32 Å². The van der Waals surface area contributed by atoms with Gasteiger partial charge in [-0.2, -0.15) is 0 Å². The van der Waals surface area contributed by atoms with Gasteiger partial charge in [0.1, 0.15) is 12.0 Å². The molecule has 0 spiro atoms. The number of aromatic amines is 1. The Bertz CT molecular complexity index is 1410. The summed E-state index contributed by atoms with van der Waals surface area (Å²) in [6.45, 7) is 6.27. The van der Waals surface area contributed by atoms with E-state index in [4.69, 9.17) is 0 Å². The maximum atomic E-state index is 12.6. The third-order valence-corrected chi connectivity index (χ3v) is 5.25. The Morgan fingerprint density at radius 2 is 1.83 bits per heavy atom. The monoisotopic (exact) mass is 412 g/mol. The van der Waals surface area contributed by atoms with E-state index in [2.05, 4.69) is 20.6 Å². The van der Waals surface area contributed by atoms with Gasteiger partial charge in [0.05, 0.1) is 16.0 Å². The minimum Gasteiger partial charge on any atom is -0.375 e. The van der Waals surface area contributed by atoms with Gasteiger partial charge >= 0.3 is 5.69 Å². The summed E-state index contributed by atoms with van der Waals surface area (Å²) in [7, 11) is 0. The summed E-state index contributed by atoms with van der Waals surface area (Å²) in [5.74, 6) is 0. The van der Waals surface area contributed by atoms with Gasteiger partial charge < -0.3 is 5.32 Å². The second-order valence-corrected chi connectivity index (χ2v) is 6.81. The predicted molar refractivity (Wildman–Crippen MR) is 110 cm³/mol. The average molecular weight is 412 g/mol. The van der Waals surface area contributed by atoms with Crippen LogP contribution >= 0.6 is 0 Å². The number of fused-ring (bicyclic) bond motifs is 2. The molecular formula is C18H20N8O4. The van der Waals surface area contributed by atoms with E-state index in [0.29, 0.717) is 40.9 Å². The van der Waals surface area contributed by atoms with Crippen LogP contribution in [-0.2, 0) is 19.6 Å². The molecule has 30 heavy (non-hydrogen) atoms. The van der Waals surface area contributed by atoms with Gasteiger partial charge in [0, 0.05) is 36.8 Å². The summed E-state index contributed by atoms with van der Waals surface area (Å²) in [6.07, 6.45) is 1.39. The second-order valence-electron chi connectivity index (χ2n) is 6.81. The van der Waals surface area contributed by atoms with Gasteiger partial charge in [-0.05, 0) is 26.8 Å². The molecule has 3 heterocycles. The Labute approximate surface area is 168 Å². The quantitative estimate of drug-likeness (QED) is 0.360. The zero-order valence-corrected chi connectivity index (χ0v) is 16.7. The van der Waals surface area contributed by atoms with Crippen LogP contribution in [0.2, 0.25) is 0 Å². The number of H-pyrrole nitrogens is 1. The van der Waals surface area contributed by atoms with Crippen LogP contribution in [-0.4, -0.2) is 33.9 Å². The fraction of sp³-hybridized carbons (Fsp3) is 0.333. The van der Waals surface area contributed by atoms with E-state index >= 15 is 0 Å². The Morgan fingerprint density at radius 1 is 1.17 bits per heavy atom. The number of benzene rings is 1. The highest BCUT2D eigenvalue weighted by atomic mass is 16.6. The molecule has 0 saturated carbocycles. The van der Waals surface area contributed by atoms with Crippen LogP contribution in [0.5, 0.6) is 0 Å². The van der Waals surface area contributed by atoms with Gasteiger partial charge in [-0.3, -0.25) is 29.1 Å². The number of aromatic nitrogens is 6. The van der Waals surface area contributed by atoms with E-state index in [1.54, 1.807) is 17.6 Å². The fourth-order valence-corrected chi connectivity index (χ4v) is 3.70. The van der Waals surface area contributed by atoms with Crippen molar-refractivity contribution in [3.63, 3.8) is 0 Å². The molecule has 3 aromatic heterocycles. The molecule has 156 valence electrons. The number of nitro groups is 1. The van der Waals surface area contributed by atoms with Gasteiger partial charge in [0.15, 0.2) is 5.65 Å². The van der Waals surface area contributed by atoms with Crippen LogP contribution in [0.15, 0.2) is 28.0 Å². The summed E-state index contributed by atoms with van der Waals surface area (Å²) in [6, 6.07) is 2.98. The summed E-state index contributed by atoms with van der Waals surface area (Å²) in [5, 5.41) is 25.1. The lowest BCUT2D eigenvalue weighted by Gasteiger charge is -2.10. The molecule has 0 fully saturated rings. The zero-order valence-electron chi connectivity index (χ0n) is 16.7. The van der Waals surface area contributed by atoms with E-state index in [1.807, 2.05) is 13.8 Å². The number of nitro benzene ring substituents is 1. The molecule has 4 rings (SSSR count). The number of nitrogens with zero attached hydrogens (tertiary/aromatic N) is 6. The Kier molecular flexibility index (Phi) is 4.60. The summed E-state index contributed by atoms with van der Waals surface area (Å²) in [4.78, 5) is 36.2. The maximum Gasteiger partial charge on any atom is 0.329 e. The van der Waals surface area contributed by atoms with Crippen LogP contribution in [0, 0.1) is 17.0 Å². The molecule has 0 bridgehead atoms. The fourth-order valence-electron chi connectivity index (χ4n) is 3.70. The molecule has 0 radical (unpaired) electrons. The van der Waals surface area contributed by atoms with Crippen molar-refractivity contribution in [2.24, 2.45) is 0 Å². The van der Waals surface area contributed by atoms with Crippen molar-refractivity contribution in [3.05, 3.63) is 60.5 Å². The first-order valence-corrected chi connectivity index (χ1v) is 9.44. The molecule has 12 heteroatoms. The number of rotatable bonds is 6. The van der Waals surface area contributed by atoms with Crippen molar-refractivity contribution >= 4 is 28.1 Å². The summed E-state index contributed by atoms with van der Waals surface area (Å²) < 4.78 is 4.49. The molecule has 12 nitrogen and oxygen atoms in total. The van der Waals surface area contributed by atoms with Crippen molar-refractivity contribution in [1.29, 1.82) is 0 Å².